The molecule has 5 nitrogen and oxygen atoms in total. The number of nitriles is 1. The third-order valence-electron chi connectivity index (χ3n) is 3.28. The largest absolute Gasteiger partial charge is 0.467 e. The Labute approximate surface area is 137 Å². The van der Waals surface area contributed by atoms with E-state index in [2.05, 4.69) is 10.1 Å². The van der Waals surface area contributed by atoms with Crippen molar-refractivity contribution in [1.29, 1.82) is 5.26 Å². The first-order valence-corrected chi connectivity index (χ1v) is 7.10. The van der Waals surface area contributed by atoms with Gasteiger partial charge in [0.2, 0.25) is 5.91 Å². The summed E-state index contributed by atoms with van der Waals surface area (Å²) in [7, 11) is 1.16. The fourth-order valence-electron chi connectivity index (χ4n) is 2.00. The van der Waals surface area contributed by atoms with Crippen molar-refractivity contribution in [3.8, 4) is 6.07 Å². The maximum atomic E-state index is 12.5. The lowest BCUT2D eigenvalue weighted by Crippen LogP contribution is -2.43. The second-order valence-corrected chi connectivity index (χ2v) is 5.28. The van der Waals surface area contributed by atoms with E-state index in [4.69, 9.17) is 5.26 Å². The number of carbonyl (C=O) groups is 2. The van der Waals surface area contributed by atoms with Crippen molar-refractivity contribution >= 4 is 11.9 Å². The first kappa shape index (κ1) is 19.5. The number of esters is 1. The Hall–Kier alpha value is -2.56. The number of nitrogens with zero attached hydrogens (tertiary/aromatic N) is 1. The lowest BCUT2D eigenvalue weighted by Gasteiger charge is -2.17. The summed E-state index contributed by atoms with van der Waals surface area (Å²) >= 11 is 0. The van der Waals surface area contributed by atoms with Crippen LogP contribution in [0.2, 0.25) is 0 Å². The Morgan fingerprint density at radius 2 is 1.88 bits per heavy atom. The molecule has 0 radical (unpaired) electrons. The van der Waals surface area contributed by atoms with Crippen LogP contribution < -0.4 is 5.32 Å². The van der Waals surface area contributed by atoms with Crippen molar-refractivity contribution in [2.75, 3.05) is 7.11 Å². The molecule has 1 N–H and O–H groups in total. The van der Waals surface area contributed by atoms with Crippen LogP contribution in [-0.4, -0.2) is 25.0 Å². The normalized spacial score (nSPS) is 13.5. The molecule has 2 atom stereocenters. The lowest BCUT2D eigenvalue weighted by atomic mass is 10.0. The molecule has 8 heteroatoms. The third kappa shape index (κ3) is 5.91. The van der Waals surface area contributed by atoms with E-state index in [-0.39, 0.29) is 12.8 Å². The molecule has 1 rings (SSSR count). The molecule has 1 aromatic rings. The van der Waals surface area contributed by atoms with Gasteiger partial charge < -0.3 is 10.1 Å². The van der Waals surface area contributed by atoms with E-state index in [0.717, 1.165) is 19.2 Å². The maximum Gasteiger partial charge on any atom is 0.416 e. The van der Waals surface area contributed by atoms with Crippen molar-refractivity contribution in [1.82, 2.24) is 5.32 Å². The molecule has 24 heavy (non-hydrogen) atoms. The van der Waals surface area contributed by atoms with Gasteiger partial charge in [0.1, 0.15) is 6.04 Å². The molecule has 0 aliphatic heterocycles. The second kappa shape index (κ2) is 8.34. The molecule has 0 aliphatic rings. The molecule has 0 bridgehead atoms. The van der Waals surface area contributed by atoms with Crippen LogP contribution in [0.1, 0.15) is 24.5 Å². The van der Waals surface area contributed by atoms with Gasteiger partial charge in [-0.2, -0.15) is 18.4 Å². The average Bonchev–Trinajstić information content (AvgIpc) is 2.52. The summed E-state index contributed by atoms with van der Waals surface area (Å²) in [5.41, 5.74) is -0.431. The van der Waals surface area contributed by atoms with Crippen molar-refractivity contribution in [2.45, 2.75) is 32.0 Å². The predicted octanol–water partition coefficient (Wildman–Crippen LogP) is 2.46. The molecule has 130 valence electrons. The SMILES string of the molecule is COC(=O)[C@H](C[C@@H](C)C#N)NC(=O)Cc1ccc(C(F)(F)F)cc1. The van der Waals surface area contributed by atoms with Crippen molar-refractivity contribution in [3.63, 3.8) is 0 Å². The van der Waals surface area contributed by atoms with Crippen molar-refractivity contribution in [3.05, 3.63) is 35.4 Å². The van der Waals surface area contributed by atoms with E-state index in [0.29, 0.717) is 5.56 Å². The van der Waals surface area contributed by atoms with Gasteiger partial charge in [0.05, 0.1) is 25.2 Å². The van der Waals surface area contributed by atoms with Crippen LogP contribution >= 0.6 is 0 Å². The Morgan fingerprint density at radius 1 is 1.29 bits per heavy atom. The molecule has 0 unspecified atom stereocenters. The number of hydrogen-bond donors (Lipinski definition) is 1. The Bertz CT molecular complexity index is 621. The van der Waals surface area contributed by atoms with E-state index in [1.54, 1.807) is 6.92 Å². The van der Waals surface area contributed by atoms with Crippen molar-refractivity contribution < 1.29 is 27.5 Å². The number of nitrogens with one attached hydrogen (secondary N) is 1. The molecule has 0 saturated heterocycles. The topological polar surface area (TPSA) is 79.2 Å². The minimum Gasteiger partial charge on any atom is -0.467 e. The summed E-state index contributed by atoms with van der Waals surface area (Å²) in [6.07, 6.45) is -4.54. The second-order valence-electron chi connectivity index (χ2n) is 5.28. The van der Waals surface area contributed by atoms with E-state index in [9.17, 15) is 22.8 Å². The highest BCUT2D eigenvalue weighted by atomic mass is 19.4. The fourth-order valence-corrected chi connectivity index (χ4v) is 2.00. The Kier molecular flexibility index (Phi) is 6.77. The highest BCUT2D eigenvalue weighted by Crippen LogP contribution is 2.29. The minimum atomic E-state index is -4.44. The van der Waals surface area contributed by atoms with E-state index in [1.807, 2.05) is 6.07 Å². The van der Waals surface area contributed by atoms with Gasteiger partial charge in [-0.15, -0.1) is 0 Å². The van der Waals surface area contributed by atoms with Crippen LogP contribution in [-0.2, 0) is 26.9 Å². The monoisotopic (exact) mass is 342 g/mol. The van der Waals surface area contributed by atoms with Gasteiger partial charge in [0.15, 0.2) is 0 Å². The molecule has 0 aromatic heterocycles. The average molecular weight is 342 g/mol. The molecule has 1 amide bonds. The summed E-state index contributed by atoms with van der Waals surface area (Å²) in [6, 6.07) is 5.15. The van der Waals surface area contributed by atoms with E-state index >= 15 is 0 Å². The zero-order chi connectivity index (χ0) is 18.3. The molecule has 0 spiro atoms. The van der Waals surface area contributed by atoms with Crippen LogP contribution in [0, 0.1) is 17.2 Å². The quantitative estimate of drug-likeness (QED) is 0.806. The van der Waals surface area contributed by atoms with Gasteiger partial charge in [0.25, 0.3) is 0 Å². The number of halogens is 3. The lowest BCUT2D eigenvalue weighted by molar-refractivity contribution is -0.145. The van der Waals surface area contributed by atoms with Crippen LogP contribution in [0.4, 0.5) is 13.2 Å². The van der Waals surface area contributed by atoms with Gasteiger partial charge in [-0.05, 0) is 31.0 Å². The number of alkyl halides is 3. The number of benzene rings is 1. The number of rotatable bonds is 6. The summed E-state index contributed by atoms with van der Waals surface area (Å²) in [6.45, 7) is 1.60. The number of hydrogen-bond acceptors (Lipinski definition) is 4. The molecule has 0 saturated carbocycles. The first-order valence-electron chi connectivity index (χ1n) is 7.10. The van der Waals surface area contributed by atoms with E-state index in [1.165, 1.54) is 12.1 Å². The summed E-state index contributed by atoms with van der Waals surface area (Å²) < 4.78 is 42.0. The number of carbonyl (C=O) groups excluding carboxylic acids is 2. The molecule has 0 fully saturated rings. The smallest absolute Gasteiger partial charge is 0.416 e. The van der Waals surface area contributed by atoms with Crippen molar-refractivity contribution in [2.24, 2.45) is 5.92 Å². The van der Waals surface area contributed by atoms with Gasteiger partial charge >= 0.3 is 12.1 Å². The molecule has 0 heterocycles. The number of ether oxygens (including phenoxy) is 1. The number of methoxy groups -OCH3 is 1. The fraction of sp³-hybridized carbons (Fsp3) is 0.438. The Morgan fingerprint density at radius 3 is 2.33 bits per heavy atom. The molecular formula is C16H17F3N2O3. The van der Waals surface area contributed by atoms with Crippen LogP contribution in [0.15, 0.2) is 24.3 Å². The summed E-state index contributed by atoms with van der Waals surface area (Å²) in [5, 5.41) is 11.2. The van der Waals surface area contributed by atoms with Crippen LogP contribution in [0.25, 0.3) is 0 Å². The van der Waals surface area contributed by atoms with Crippen LogP contribution in [0.3, 0.4) is 0 Å². The summed E-state index contributed by atoms with van der Waals surface area (Å²) in [4.78, 5) is 23.6. The van der Waals surface area contributed by atoms with Gasteiger partial charge in [-0.3, -0.25) is 4.79 Å². The Balaban J connectivity index is 2.72. The highest BCUT2D eigenvalue weighted by Gasteiger charge is 2.30. The first-order chi connectivity index (χ1) is 11.2. The number of amides is 1. The predicted molar refractivity (Wildman–Crippen MR) is 78.5 cm³/mol. The van der Waals surface area contributed by atoms with Gasteiger partial charge in [-0.1, -0.05) is 12.1 Å². The maximum absolute atomic E-state index is 12.5. The third-order valence-corrected chi connectivity index (χ3v) is 3.28. The van der Waals surface area contributed by atoms with Gasteiger partial charge in [-0.25, -0.2) is 4.79 Å². The zero-order valence-electron chi connectivity index (χ0n) is 13.2. The summed E-state index contributed by atoms with van der Waals surface area (Å²) in [5.74, 6) is -1.70. The molecule has 1 aromatic carbocycles. The highest BCUT2D eigenvalue weighted by molar-refractivity contribution is 5.85. The molecular weight excluding hydrogens is 325 g/mol. The minimum absolute atomic E-state index is 0.0852. The molecule has 0 aliphatic carbocycles. The van der Waals surface area contributed by atoms with E-state index < -0.39 is 35.6 Å². The standard InChI is InChI=1S/C16H17F3N2O3/c1-10(9-20)7-13(15(23)24-2)21-14(22)8-11-3-5-12(6-4-11)16(17,18)19/h3-6,10,13H,7-8H2,1-2H3,(H,21,22)/t10-,13+/m1/s1. The zero-order valence-corrected chi connectivity index (χ0v) is 13.2. The van der Waals surface area contributed by atoms with Crippen LogP contribution in [0.5, 0.6) is 0 Å². The van der Waals surface area contributed by atoms with Gasteiger partial charge in [0, 0.05) is 5.92 Å².